The number of carbonyl (C=O) groups excluding carboxylic acids is 1. The molecule has 1 aromatic carbocycles. The summed E-state index contributed by atoms with van der Waals surface area (Å²) in [6.45, 7) is -0.710. The van der Waals surface area contributed by atoms with Gasteiger partial charge >= 0.3 is 0 Å². The van der Waals surface area contributed by atoms with Crippen LogP contribution < -0.4 is 14.2 Å². The summed E-state index contributed by atoms with van der Waals surface area (Å²) >= 11 is 0. The third kappa shape index (κ3) is 3.74. The van der Waals surface area contributed by atoms with Crippen molar-refractivity contribution in [2.45, 2.75) is 18.4 Å². The Balaban J connectivity index is 1.61. The summed E-state index contributed by atoms with van der Waals surface area (Å²) < 4.78 is 44.6. The van der Waals surface area contributed by atoms with Crippen LogP contribution in [-0.4, -0.2) is 60.1 Å². The molecule has 9 heteroatoms. The molecule has 3 aromatic rings. The fourth-order valence-corrected chi connectivity index (χ4v) is 3.70. The molecule has 1 N–H and O–H groups in total. The number of H-pyrrole nitrogens is 1. The van der Waals surface area contributed by atoms with E-state index in [0.717, 1.165) is 4.90 Å². The zero-order chi connectivity index (χ0) is 21.3. The van der Waals surface area contributed by atoms with Crippen molar-refractivity contribution >= 4 is 16.8 Å². The van der Waals surface area contributed by atoms with E-state index in [4.69, 9.17) is 14.2 Å². The number of rotatable bonds is 6. The highest BCUT2D eigenvalue weighted by Crippen LogP contribution is 2.36. The molecular weight excluding hydrogens is 396 g/mol. The van der Waals surface area contributed by atoms with Crippen LogP contribution in [0.3, 0.4) is 0 Å². The largest absolute Gasteiger partial charge is 0.496 e. The van der Waals surface area contributed by atoms with Gasteiger partial charge in [-0.15, -0.1) is 0 Å². The van der Waals surface area contributed by atoms with E-state index in [-0.39, 0.29) is 12.3 Å². The number of alkyl halides is 2. The van der Waals surface area contributed by atoms with Crippen LogP contribution in [0, 0.1) is 0 Å². The number of methoxy groups -OCH3 is 2. The average molecular weight is 417 g/mol. The minimum Gasteiger partial charge on any atom is -0.496 e. The van der Waals surface area contributed by atoms with Gasteiger partial charge in [-0.25, -0.2) is 8.78 Å². The van der Waals surface area contributed by atoms with Crippen molar-refractivity contribution in [3.05, 3.63) is 48.4 Å². The van der Waals surface area contributed by atoms with Crippen LogP contribution >= 0.6 is 0 Å². The van der Waals surface area contributed by atoms with Gasteiger partial charge in [0.25, 0.3) is 11.8 Å². The monoisotopic (exact) mass is 417 g/mol. The quantitative estimate of drug-likeness (QED) is 0.664. The van der Waals surface area contributed by atoms with Gasteiger partial charge in [0.05, 0.1) is 32.3 Å². The summed E-state index contributed by atoms with van der Waals surface area (Å²) in [5, 5.41) is 0.635. The molecule has 0 spiro atoms. The van der Waals surface area contributed by atoms with E-state index in [0.29, 0.717) is 28.2 Å². The van der Waals surface area contributed by atoms with Crippen molar-refractivity contribution in [2.24, 2.45) is 0 Å². The number of benzene rings is 1. The van der Waals surface area contributed by atoms with Gasteiger partial charge in [0.1, 0.15) is 29.5 Å². The summed E-state index contributed by atoms with van der Waals surface area (Å²) in [5.74, 6) is -1.94. The van der Waals surface area contributed by atoms with Crippen LogP contribution in [0.2, 0.25) is 0 Å². The maximum absolute atomic E-state index is 14.2. The SMILES string of the molecule is COc1ccc(OC)c2[nH]c(C(=O)N3CC(F)(F)C[C@H]3COc3ccncc3)cc12. The van der Waals surface area contributed by atoms with Crippen molar-refractivity contribution < 1.29 is 27.8 Å². The van der Waals surface area contributed by atoms with E-state index in [1.165, 1.54) is 14.2 Å². The molecule has 1 aliphatic rings. The van der Waals surface area contributed by atoms with Gasteiger partial charge in [0.15, 0.2) is 0 Å². The highest BCUT2D eigenvalue weighted by atomic mass is 19.3. The molecule has 0 radical (unpaired) electrons. The van der Waals surface area contributed by atoms with E-state index in [1.54, 1.807) is 42.7 Å². The predicted molar refractivity (Wildman–Crippen MR) is 106 cm³/mol. The van der Waals surface area contributed by atoms with Crippen molar-refractivity contribution in [1.82, 2.24) is 14.9 Å². The van der Waals surface area contributed by atoms with Crippen LogP contribution in [0.4, 0.5) is 8.78 Å². The lowest BCUT2D eigenvalue weighted by Crippen LogP contribution is -2.39. The topological polar surface area (TPSA) is 76.7 Å². The van der Waals surface area contributed by atoms with Crippen LogP contribution in [-0.2, 0) is 0 Å². The lowest BCUT2D eigenvalue weighted by Gasteiger charge is -2.23. The molecule has 4 rings (SSSR count). The minimum atomic E-state index is -2.98. The Bertz CT molecular complexity index is 1010. The molecule has 0 bridgehead atoms. The van der Waals surface area contributed by atoms with Crippen LogP contribution in [0.25, 0.3) is 10.9 Å². The van der Waals surface area contributed by atoms with E-state index in [9.17, 15) is 13.6 Å². The van der Waals surface area contributed by atoms with E-state index < -0.39 is 30.8 Å². The standard InChI is InChI=1S/C21H21F2N3O4/c1-28-17-3-4-18(29-2)19-15(17)9-16(25-19)20(27)26-12-21(22,23)10-13(26)11-30-14-5-7-24-8-6-14/h3-9,13,25H,10-12H2,1-2H3/t13-/m0/s1. The Hall–Kier alpha value is -3.36. The molecule has 1 atom stereocenters. The van der Waals surface area contributed by atoms with Crippen LogP contribution in [0.15, 0.2) is 42.7 Å². The van der Waals surface area contributed by atoms with Gasteiger partial charge in [-0.2, -0.15) is 0 Å². The van der Waals surface area contributed by atoms with Crippen molar-refractivity contribution in [2.75, 3.05) is 27.4 Å². The summed E-state index contributed by atoms with van der Waals surface area (Å²) in [7, 11) is 3.03. The Morgan fingerprint density at radius 1 is 1.20 bits per heavy atom. The molecule has 1 amide bonds. The zero-order valence-electron chi connectivity index (χ0n) is 16.5. The lowest BCUT2D eigenvalue weighted by atomic mass is 10.2. The number of pyridine rings is 1. The second-order valence-electron chi connectivity index (χ2n) is 7.08. The summed E-state index contributed by atoms with van der Waals surface area (Å²) in [4.78, 5) is 21.2. The first kappa shape index (κ1) is 19.9. The number of nitrogens with one attached hydrogen (secondary N) is 1. The molecule has 2 aromatic heterocycles. The number of fused-ring (bicyclic) bond motifs is 1. The number of halogens is 2. The zero-order valence-corrected chi connectivity index (χ0v) is 16.5. The molecule has 3 heterocycles. The van der Waals surface area contributed by atoms with Crippen molar-refractivity contribution in [3.8, 4) is 17.2 Å². The first-order valence-electron chi connectivity index (χ1n) is 9.37. The van der Waals surface area contributed by atoms with Gasteiger partial charge in [-0.3, -0.25) is 9.78 Å². The molecule has 30 heavy (non-hydrogen) atoms. The van der Waals surface area contributed by atoms with Crippen molar-refractivity contribution in [1.29, 1.82) is 0 Å². The highest BCUT2D eigenvalue weighted by molar-refractivity contribution is 6.01. The molecule has 1 aliphatic heterocycles. The molecule has 7 nitrogen and oxygen atoms in total. The van der Waals surface area contributed by atoms with Gasteiger partial charge in [0, 0.05) is 24.2 Å². The van der Waals surface area contributed by atoms with Gasteiger partial charge < -0.3 is 24.1 Å². The molecule has 0 aliphatic carbocycles. The number of ether oxygens (including phenoxy) is 3. The molecular formula is C21H21F2N3O4. The van der Waals surface area contributed by atoms with Gasteiger partial charge in [0.2, 0.25) is 0 Å². The Morgan fingerprint density at radius 3 is 2.60 bits per heavy atom. The number of carbonyl (C=O) groups is 1. The number of aromatic amines is 1. The van der Waals surface area contributed by atoms with Gasteiger partial charge in [-0.05, 0) is 30.3 Å². The Morgan fingerprint density at radius 2 is 1.90 bits per heavy atom. The lowest BCUT2D eigenvalue weighted by molar-refractivity contribution is 0.0116. The molecule has 1 fully saturated rings. The first-order valence-corrected chi connectivity index (χ1v) is 9.37. The first-order chi connectivity index (χ1) is 14.4. The molecule has 1 saturated heterocycles. The maximum atomic E-state index is 14.2. The fraction of sp³-hybridized carbons (Fsp3) is 0.333. The second kappa shape index (κ2) is 7.81. The average Bonchev–Trinajstić information content (AvgIpc) is 3.32. The number of likely N-dealkylation sites (tertiary alicyclic amines) is 1. The normalized spacial score (nSPS) is 17.9. The smallest absolute Gasteiger partial charge is 0.270 e. The van der Waals surface area contributed by atoms with Gasteiger partial charge in [-0.1, -0.05) is 0 Å². The Kier molecular flexibility index (Phi) is 5.19. The van der Waals surface area contributed by atoms with Crippen LogP contribution in [0.1, 0.15) is 16.9 Å². The van der Waals surface area contributed by atoms with E-state index in [1.807, 2.05) is 0 Å². The highest BCUT2D eigenvalue weighted by Gasteiger charge is 2.47. The van der Waals surface area contributed by atoms with Crippen molar-refractivity contribution in [3.63, 3.8) is 0 Å². The second-order valence-corrected chi connectivity index (χ2v) is 7.08. The number of amides is 1. The third-order valence-electron chi connectivity index (χ3n) is 5.12. The number of aromatic nitrogens is 2. The predicted octanol–water partition coefficient (Wildman–Crippen LogP) is 3.51. The number of hydrogen-bond donors (Lipinski definition) is 1. The number of nitrogens with zero attached hydrogens (tertiary/aromatic N) is 2. The third-order valence-corrected chi connectivity index (χ3v) is 5.12. The van der Waals surface area contributed by atoms with Crippen LogP contribution in [0.5, 0.6) is 17.2 Å². The molecule has 158 valence electrons. The molecule has 0 saturated carbocycles. The summed E-state index contributed by atoms with van der Waals surface area (Å²) in [6, 6.07) is 7.53. The Labute approximate surface area is 171 Å². The van der Waals surface area contributed by atoms with E-state index >= 15 is 0 Å². The summed E-state index contributed by atoms with van der Waals surface area (Å²) in [5.41, 5.74) is 0.746. The van der Waals surface area contributed by atoms with E-state index in [2.05, 4.69) is 9.97 Å². The number of hydrogen-bond acceptors (Lipinski definition) is 5. The fourth-order valence-electron chi connectivity index (χ4n) is 3.70. The summed E-state index contributed by atoms with van der Waals surface area (Å²) in [6.07, 6.45) is 2.64. The molecule has 0 unspecified atom stereocenters. The minimum absolute atomic E-state index is 0.0434. The maximum Gasteiger partial charge on any atom is 0.270 e.